The smallest absolute Gasteiger partial charge is 0.108 e. The molecule has 5 heteroatoms. The largest absolute Gasteiger partial charge is 0.385 e. The van der Waals surface area contributed by atoms with E-state index in [1.165, 1.54) is 0 Å². The third-order valence-corrected chi connectivity index (χ3v) is 2.89. The molecule has 0 radical (unpaired) electrons. The van der Waals surface area contributed by atoms with Crippen molar-refractivity contribution < 1.29 is 24.9 Å². The van der Waals surface area contributed by atoms with Gasteiger partial charge in [-0.25, -0.2) is 0 Å². The molecule has 0 spiro atoms. The second-order valence-corrected chi connectivity index (χ2v) is 9.22. The molecule has 4 N–H and O–H groups in total. The first-order valence-electron chi connectivity index (χ1n) is 7.57. The number of quaternary nitrogens is 1. The number of aliphatic hydroxyl groups is 4. The fraction of sp³-hybridized carbons (Fsp3) is 1.00. The predicted molar refractivity (Wildman–Crippen MR) is 84.9 cm³/mol. The van der Waals surface area contributed by atoms with Gasteiger partial charge in [0.25, 0.3) is 0 Å². The monoisotopic (exact) mass is 306 g/mol. The minimum Gasteiger partial charge on any atom is -0.385 e. The van der Waals surface area contributed by atoms with Crippen LogP contribution in [0.25, 0.3) is 0 Å². The third-order valence-electron chi connectivity index (χ3n) is 2.89. The van der Waals surface area contributed by atoms with Crippen LogP contribution in [0.3, 0.4) is 0 Å². The molecule has 0 aromatic rings. The zero-order valence-corrected chi connectivity index (χ0v) is 15.1. The molecule has 0 saturated carbocycles. The van der Waals surface area contributed by atoms with Crippen LogP contribution in [0.1, 0.15) is 55.4 Å². The highest BCUT2D eigenvalue weighted by Gasteiger charge is 2.44. The van der Waals surface area contributed by atoms with E-state index in [2.05, 4.69) is 0 Å². The summed E-state index contributed by atoms with van der Waals surface area (Å²) in [6.45, 7) is 15.0. The summed E-state index contributed by atoms with van der Waals surface area (Å²) in [4.78, 5) is 0. The second-order valence-electron chi connectivity index (χ2n) is 9.22. The normalized spacial score (nSPS) is 15.4. The van der Waals surface area contributed by atoms with Crippen molar-refractivity contribution in [1.82, 2.24) is 0 Å². The van der Waals surface area contributed by atoms with Gasteiger partial charge >= 0.3 is 0 Å². The Morgan fingerprint density at radius 1 is 0.476 bits per heavy atom. The molecule has 0 amide bonds. The van der Waals surface area contributed by atoms with E-state index in [9.17, 15) is 20.4 Å². The quantitative estimate of drug-likeness (QED) is 0.502. The molecule has 128 valence electrons. The van der Waals surface area contributed by atoms with Gasteiger partial charge in [-0.2, -0.15) is 0 Å². The Morgan fingerprint density at radius 2 is 0.619 bits per heavy atom. The highest BCUT2D eigenvalue weighted by Crippen LogP contribution is 2.26. The fourth-order valence-electron chi connectivity index (χ4n) is 3.62. The minimum absolute atomic E-state index is 0.236. The van der Waals surface area contributed by atoms with Crippen molar-refractivity contribution >= 4 is 0 Å². The lowest BCUT2D eigenvalue weighted by Crippen LogP contribution is -2.67. The summed E-state index contributed by atoms with van der Waals surface area (Å²) in [7, 11) is 0. The first-order chi connectivity index (χ1) is 8.83. The summed E-state index contributed by atoms with van der Waals surface area (Å²) in [6.07, 6.45) is 0. The number of nitrogens with zero attached hydrogens (tertiary/aromatic N) is 1. The third kappa shape index (κ3) is 11.1. The van der Waals surface area contributed by atoms with Crippen molar-refractivity contribution in [3.05, 3.63) is 0 Å². The number of hydrogen-bond acceptors (Lipinski definition) is 4. The predicted octanol–water partition coefficient (Wildman–Crippen LogP) is 0.887. The summed E-state index contributed by atoms with van der Waals surface area (Å²) in [5, 5.41) is 41.1. The van der Waals surface area contributed by atoms with E-state index in [1.54, 1.807) is 55.4 Å². The molecular weight excluding hydrogens is 270 g/mol. The van der Waals surface area contributed by atoms with Crippen molar-refractivity contribution in [2.45, 2.75) is 77.8 Å². The van der Waals surface area contributed by atoms with Crippen LogP contribution >= 0.6 is 0 Å². The van der Waals surface area contributed by atoms with Gasteiger partial charge < -0.3 is 24.9 Å². The van der Waals surface area contributed by atoms with Crippen LogP contribution in [-0.4, -0.2) is 73.5 Å². The summed E-state index contributed by atoms with van der Waals surface area (Å²) in [6, 6.07) is 0. The average molecular weight is 306 g/mol. The lowest BCUT2D eigenvalue weighted by Gasteiger charge is -2.49. The molecular formula is C16H36NO4+. The maximum absolute atomic E-state index is 10.3. The Morgan fingerprint density at radius 3 is 0.714 bits per heavy atom. The standard InChI is InChI=1S/C16H36NO4/c1-13(2,18)9-17(10-14(3,4)19,11-15(5,6)20)12-16(7,8)21/h18-21H,9-12H2,1-8H3/q+1. The molecule has 0 saturated heterocycles. The highest BCUT2D eigenvalue weighted by molar-refractivity contribution is 4.78. The molecule has 0 aliphatic carbocycles. The van der Waals surface area contributed by atoms with E-state index >= 15 is 0 Å². The maximum atomic E-state index is 10.3. The van der Waals surface area contributed by atoms with E-state index in [0.717, 1.165) is 0 Å². The Balaban J connectivity index is 5.70. The van der Waals surface area contributed by atoms with E-state index in [4.69, 9.17) is 0 Å². The molecule has 0 aromatic heterocycles. The molecule has 0 rings (SSSR count). The molecule has 5 nitrogen and oxygen atoms in total. The van der Waals surface area contributed by atoms with Gasteiger partial charge in [-0.05, 0) is 55.4 Å². The van der Waals surface area contributed by atoms with Gasteiger partial charge in [-0.15, -0.1) is 0 Å². The molecule has 0 fully saturated rings. The van der Waals surface area contributed by atoms with E-state index < -0.39 is 22.4 Å². The summed E-state index contributed by atoms with van der Waals surface area (Å²) in [5.41, 5.74) is -3.88. The van der Waals surface area contributed by atoms with Gasteiger partial charge in [-0.3, -0.25) is 0 Å². The fourth-order valence-corrected chi connectivity index (χ4v) is 3.62. The van der Waals surface area contributed by atoms with E-state index in [0.29, 0.717) is 26.2 Å². The van der Waals surface area contributed by atoms with Gasteiger partial charge in [0.05, 0.1) is 0 Å². The lowest BCUT2D eigenvalue weighted by molar-refractivity contribution is -0.948. The molecule has 0 atom stereocenters. The zero-order valence-electron chi connectivity index (χ0n) is 15.1. The van der Waals surface area contributed by atoms with Crippen molar-refractivity contribution in [2.75, 3.05) is 26.2 Å². The Labute approximate surface area is 129 Å². The maximum Gasteiger partial charge on any atom is 0.108 e. The van der Waals surface area contributed by atoms with Crippen LogP contribution in [0, 0.1) is 0 Å². The molecule has 0 heterocycles. The molecule has 0 bridgehead atoms. The highest BCUT2D eigenvalue weighted by atomic mass is 16.3. The molecule has 0 aromatic carbocycles. The van der Waals surface area contributed by atoms with Gasteiger partial charge in [0.2, 0.25) is 0 Å². The topological polar surface area (TPSA) is 80.9 Å². The minimum atomic E-state index is -0.970. The first kappa shape index (κ1) is 20.8. The van der Waals surface area contributed by atoms with Crippen LogP contribution in [0.15, 0.2) is 0 Å². The van der Waals surface area contributed by atoms with E-state index in [1.807, 2.05) is 0 Å². The first-order valence-corrected chi connectivity index (χ1v) is 7.57. The van der Waals surface area contributed by atoms with Gasteiger partial charge in [0.1, 0.15) is 48.6 Å². The zero-order chi connectivity index (χ0) is 17.3. The molecule has 21 heavy (non-hydrogen) atoms. The number of rotatable bonds is 8. The Hall–Kier alpha value is -0.200. The summed E-state index contributed by atoms with van der Waals surface area (Å²) >= 11 is 0. The SMILES string of the molecule is CC(C)(O)C[N+](CC(C)(C)O)(CC(C)(C)O)CC(C)(C)O. The van der Waals surface area contributed by atoms with Crippen LogP contribution < -0.4 is 0 Å². The average Bonchev–Trinajstić information content (AvgIpc) is 1.83. The van der Waals surface area contributed by atoms with Crippen molar-refractivity contribution in [1.29, 1.82) is 0 Å². The van der Waals surface area contributed by atoms with Crippen molar-refractivity contribution in [3.63, 3.8) is 0 Å². The van der Waals surface area contributed by atoms with Gasteiger partial charge in [-0.1, -0.05) is 0 Å². The molecule has 0 aliphatic heterocycles. The van der Waals surface area contributed by atoms with Crippen LogP contribution in [-0.2, 0) is 0 Å². The van der Waals surface area contributed by atoms with Crippen LogP contribution in [0.5, 0.6) is 0 Å². The lowest BCUT2D eigenvalue weighted by atomic mass is 9.95. The van der Waals surface area contributed by atoms with Crippen LogP contribution in [0.2, 0.25) is 0 Å². The Kier molecular flexibility index (Phi) is 6.07. The van der Waals surface area contributed by atoms with Crippen molar-refractivity contribution in [3.8, 4) is 0 Å². The van der Waals surface area contributed by atoms with Gasteiger partial charge in [0.15, 0.2) is 0 Å². The summed E-state index contributed by atoms with van der Waals surface area (Å²) in [5.74, 6) is 0. The number of hydrogen-bond donors (Lipinski definition) is 4. The summed E-state index contributed by atoms with van der Waals surface area (Å²) < 4.78 is 0.236. The molecule has 0 aliphatic rings. The molecule has 0 unspecified atom stereocenters. The second kappa shape index (κ2) is 6.13. The van der Waals surface area contributed by atoms with E-state index in [-0.39, 0.29) is 4.48 Å². The van der Waals surface area contributed by atoms with Crippen LogP contribution in [0.4, 0.5) is 0 Å². The van der Waals surface area contributed by atoms with Crippen molar-refractivity contribution in [2.24, 2.45) is 0 Å². The van der Waals surface area contributed by atoms with Gasteiger partial charge in [0, 0.05) is 0 Å². The Bertz CT molecular complexity index is 257.